The molecule has 154 valence electrons. The molecule has 7 heteroatoms. The Balaban J connectivity index is 0.000000797. The highest BCUT2D eigenvalue weighted by Gasteiger charge is 2.27. The van der Waals surface area contributed by atoms with Crippen molar-refractivity contribution >= 4 is 17.7 Å². The lowest BCUT2D eigenvalue weighted by Gasteiger charge is -2.28. The average molecular weight is 381 g/mol. The SMILES string of the molecule is CC1CCNC1=O.CCCCCC(=O)N(C)C(CC(C)C)C(=O)NCC#N. The highest BCUT2D eigenvalue weighted by atomic mass is 16.2. The Bertz CT molecular complexity index is 514. The van der Waals surface area contributed by atoms with Crippen molar-refractivity contribution in [3.8, 4) is 6.07 Å². The van der Waals surface area contributed by atoms with Crippen LogP contribution in [0.2, 0.25) is 0 Å². The van der Waals surface area contributed by atoms with Gasteiger partial charge in [-0.25, -0.2) is 0 Å². The molecule has 1 aliphatic heterocycles. The first kappa shape index (κ1) is 24.9. The molecule has 1 fully saturated rings. The highest BCUT2D eigenvalue weighted by Crippen LogP contribution is 2.13. The molecule has 1 rings (SSSR count). The third kappa shape index (κ3) is 10.6. The minimum atomic E-state index is -0.488. The third-order valence-electron chi connectivity index (χ3n) is 4.52. The van der Waals surface area contributed by atoms with Gasteiger partial charge in [0.25, 0.3) is 0 Å². The van der Waals surface area contributed by atoms with E-state index < -0.39 is 6.04 Å². The number of carbonyl (C=O) groups is 3. The first-order valence-electron chi connectivity index (χ1n) is 9.92. The summed E-state index contributed by atoms with van der Waals surface area (Å²) in [4.78, 5) is 36.2. The molecule has 0 aromatic carbocycles. The Kier molecular flexibility index (Phi) is 12.9. The van der Waals surface area contributed by atoms with Crippen molar-refractivity contribution in [1.82, 2.24) is 15.5 Å². The standard InChI is InChI=1S/C15H27N3O2.C5H9NO/c1-5-6-7-8-14(19)18(4)13(11-12(2)3)15(20)17-10-9-16;1-4-2-3-6-5(4)7/h12-13H,5-8,10-11H2,1-4H3,(H,17,20);4H,2-3H2,1H3,(H,6,7). The van der Waals surface area contributed by atoms with Crippen LogP contribution < -0.4 is 10.6 Å². The van der Waals surface area contributed by atoms with E-state index in [1.54, 1.807) is 7.05 Å². The molecule has 0 saturated carbocycles. The van der Waals surface area contributed by atoms with Crippen LogP contribution in [0.5, 0.6) is 0 Å². The molecule has 1 aliphatic rings. The summed E-state index contributed by atoms with van der Waals surface area (Å²) in [6.45, 7) is 8.92. The zero-order chi connectivity index (χ0) is 20.8. The van der Waals surface area contributed by atoms with Crippen molar-refractivity contribution in [2.24, 2.45) is 11.8 Å². The van der Waals surface area contributed by atoms with Gasteiger partial charge in [-0.3, -0.25) is 14.4 Å². The molecule has 0 radical (unpaired) electrons. The van der Waals surface area contributed by atoms with Gasteiger partial charge in [0.05, 0.1) is 6.07 Å². The fraction of sp³-hybridized carbons (Fsp3) is 0.800. The summed E-state index contributed by atoms with van der Waals surface area (Å²) in [5.74, 6) is 0.529. The largest absolute Gasteiger partial charge is 0.356 e. The Morgan fingerprint density at radius 1 is 1.37 bits per heavy atom. The molecule has 0 aromatic heterocycles. The fourth-order valence-electron chi connectivity index (χ4n) is 2.73. The summed E-state index contributed by atoms with van der Waals surface area (Å²) in [5.41, 5.74) is 0. The number of likely N-dealkylation sites (N-methyl/N-ethyl adjacent to an activating group) is 1. The molecular formula is C20H36N4O3. The lowest BCUT2D eigenvalue weighted by atomic mass is 10.0. The van der Waals surface area contributed by atoms with Gasteiger partial charge in [0.1, 0.15) is 12.6 Å². The zero-order valence-electron chi connectivity index (χ0n) is 17.5. The molecule has 1 saturated heterocycles. The monoisotopic (exact) mass is 380 g/mol. The van der Waals surface area contributed by atoms with Crippen LogP contribution in [-0.4, -0.2) is 48.8 Å². The van der Waals surface area contributed by atoms with E-state index in [1.807, 2.05) is 26.8 Å². The van der Waals surface area contributed by atoms with Crippen molar-refractivity contribution in [2.45, 2.75) is 72.3 Å². The van der Waals surface area contributed by atoms with Crippen molar-refractivity contribution < 1.29 is 14.4 Å². The second kappa shape index (κ2) is 14.0. The lowest BCUT2D eigenvalue weighted by molar-refractivity contribution is -0.139. The van der Waals surface area contributed by atoms with Crippen LogP contribution in [0, 0.1) is 23.2 Å². The maximum absolute atomic E-state index is 12.1. The number of carbonyl (C=O) groups excluding carboxylic acids is 3. The molecule has 0 aliphatic carbocycles. The van der Waals surface area contributed by atoms with Gasteiger partial charge < -0.3 is 15.5 Å². The Hall–Kier alpha value is -2.10. The number of amides is 3. The number of hydrogen-bond acceptors (Lipinski definition) is 4. The van der Waals surface area contributed by atoms with Crippen LogP contribution in [0.4, 0.5) is 0 Å². The van der Waals surface area contributed by atoms with Crippen molar-refractivity contribution in [2.75, 3.05) is 20.1 Å². The third-order valence-corrected chi connectivity index (χ3v) is 4.52. The highest BCUT2D eigenvalue weighted by molar-refractivity contribution is 5.87. The Labute approximate surface area is 163 Å². The number of hydrogen-bond donors (Lipinski definition) is 2. The smallest absolute Gasteiger partial charge is 0.243 e. The topological polar surface area (TPSA) is 102 Å². The quantitative estimate of drug-likeness (QED) is 0.473. The molecular weight excluding hydrogens is 344 g/mol. The van der Waals surface area contributed by atoms with E-state index >= 15 is 0 Å². The molecule has 2 unspecified atom stereocenters. The summed E-state index contributed by atoms with van der Waals surface area (Å²) in [6, 6.07) is 1.39. The first-order chi connectivity index (χ1) is 12.7. The van der Waals surface area contributed by atoms with E-state index in [0.717, 1.165) is 32.2 Å². The fourth-order valence-corrected chi connectivity index (χ4v) is 2.73. The molecule has 2 N–H and O–H groups in total. The second-order valence-corrected chi connectivity index (χ2v) is 7.46. The number of nitrogens with zero attached hydrogens (tertiary/aromatic N) is 2. The van der Waals surface area contributed by atoms with E-state index in [1.165, 1.54) is 4.90 Å². The normalized spacial score (nSPS) is 16.6. The zero-order valence-corrected chi connectivity index (χ0v) is 17.5. The Morgan fingerprint density at radius 2 is 2.04 bits per heavy atom. The first-order valence-corrected chi connectivity index (χ1v) is 9.92. The summed E-state index contributed by atoms with van der Waals surface area (Å²) < 4.78 is 0. The maximum Gasteiger partial charge on any atom is 0.243 e. The van der Waals surface area contributed by atoms with Gasteiger partial charge in [0.2, 0.25) is 17.7 Å². The van der Waals surface area contributed by atoms with E-state index in [-0.39, 0.29) is 30.2 Å². The molecule has 7 nitrogen and oxygen atoms in total. The minimum Gasteiger partial charge on any atom is -0.356 e. The van der Waals surface area contributed by atoms with Gasteiger partial charge >= 0.3 is 0 Å². The molecule has 0 bridgehead atoms. The van der Waals surface area contributed by atoms with Crippen LogP contribution >= 0.6 is 0 Å². The number of unbranched alkanes of at least 4 members (excludes halogenated alkanes) is 2. The molecule has 27 heavy (non-hydrogen) atoms. The summed E-state index contributed by atoms with van der Waals surface area (Å²) in [6.07, 6.45) is 5.04. The van der Waals surface area contributed by atoms with Crippen LogP contribution in [0.1, 0.15) is 66.2 Å². The second-order valence-electron chi connectivity index (χ2n) is 7.46. The van der Waals surface area contributed by atoms with E-state index in [0.29, 0.717) is 18.8 Å². The number of nitriles is 1. The van der Waals surface area contributed by atoms with E-state index in [9.17, 15) is 14.4 Å². The molecule has 2 atom stereocenters. The van der Waals surface area contributed by atoms with Gasteiger partial charge in [-0.15, -0.1) is 0 Å². The minimum absolute atomic E-state index is 0.00351. The molecule has 0 spiro atoms. The molecule has 3 amide bonds. The van der Waals surface area contributed by atoms with Crippen LogP contribution in [0.3, 0.4) is 0 Å². The van der Waals surface area contributed by atoms with Crippen molar-refractivity contribution in [3.63, 3.8) is 0 Å². The van der Waals surface area contributed by atoms with Crippen LogP contribution in [-0.2, 0) is 14.4 Å². The summed E-state index contributed by atoms with van der Waals surface area (Å²) in [7, 11) is 1.67. The van der Waals surface area contributed by atoms with Gasteiger partial charge in [-0.05, 0) is 25.2 Å². The Morgan fingerprint density at radius 3 is 2.44 bits per heavy atom. The molecule has 1 heterocycles. The predicted molar refractivity (Wildman–Crippen MR) is 106 cm³/mol. The van der Waals surface area contributed by atoms with E-state index in [2.05, 4.69) is 17.6 Å². The summed E-state index contributed by atoms with van der Waals surface area (Å²) >= 11 is 0. The van der Waals surface area contributed by atoms with Gasteiger partial charge in [-0.2, -0.15) is 5.26 Å². The maximum atomic E-state index is 12.1. The number of nitrogens with one attached hydrogen (secondary N) is 2. The predicted octanol–water partition coefficient (Wildman–Crippen LogP) is 2.22. The van der Waals surface area contributed by atoms with Gasteiger partial charge in [0.15, 0.2) is 0 Å². The van der Waals surface area contributed by atoms with Gasteiger partial charge in [0, 0.05) is 25.9 Å². The van der Waals surface area contributed by atoms with Crippen molar-refractivity contribution in [3.05, 3.63) is 0 Å². The molecule has 0 aromatic rings. The number of rotatable bonds is 9. The van der Waals surface area contributed by atoms with Crippen molar-refractivity contribution in [1.29, 1.82) is 5.26 Å². The van der Waals surface area contributed by atoms with Crippen LogP contribution in [0.25, 0.3) is 0 Å². The lowest BCUT2D eigenvalue weighted by Crippen LogP contribution is -2.48. The van der Waals surface area contributed by atoms with E-state index in [4.69, 9.17) is 5.26 Å². The van der Waals surface area contributed by atoms with Crippen LogP contribution in [0.15, 0.2) is 0 Å². The summed E-state index contributed by atoms with van der Waals surface area (Å²) in [5, 5.41) is 13.8. The average Bonchev–Trinajstić information content (AvgIpc) is 3.00. The van der Waals surface area contributed by atoms with Gasteiger partial charge in [-0.1, -0.05) is 40.5 Å².